The van der Waals surface area contributed by atoms with Gasteiger partial charge in [-0.15, -0.1) is 0 Å². The molecule has 4 nitrogen and oxygen atoms in total. The Morgan fingerprint density at radius 3 is 2.42 bits per heavy atom. The van der Waals surface area contributed by atoms with Crippen molar-refractivity contribution in [2.24, 2.45) is 17.1 Å². The van der Waals surface area contributed by atoms with E-state index >= 15 is 0 Å². The number of benzene rings is 1. The maximum atomic E-state index is 12.9. The molecule has 132 valence electrons. The lowest BCUT2D eigenvalue weighted by Crippen LogP contribution is -2.55. The number of rotatable bonds is 3. The van der Waals surface area contributed by atoms with E-state index in [1.54, 1.807) is 0 Å². The van der Waals surface area contributed by atoms with Crippen molar-refractivity contribution in [3.8, 4) is 0 Å². The summed E-state index contributed by atoms with van der Waals surface area (Å²) in [6.07, 6.45) is 2.88. The average molecular weight is 329 g/mol. The highest BCUT2D eigenvalue weighted by Crippen LogP contribution is 2.30. The second kappa shape index (κ2) is 7.24. The van der Waals surface area contributed by atoms with Crippen LogP contribution in [-0.4, -0.2) is 47.9 Å². The van der Waals surface area contributed by atoms with E-state index in [1.165, 1.54) is 5.56 Å². The summed E-state index contributed by atoms with van der Waals surface area (Å²) in [5, 5.41) is 0. The summed E-state index contributed by atoms with van der Waals surface area (Å²) >= 11 is 0. The van der Waals surface area contributed by atoms with Crippen molar-refractivity contribution in [3.05, 3.63) is 35.9 Å². The van der Waals surface area contributed by atoms with Gasteiger partial charge in [-0.25, -0.2) is 0 Å². The Labute approximate surface area is 146 Å². The largest absolute Gasteiger partial charge is 0.342 e. The highest BCUT2D eigenvalue weighted by Gasteiger charge is 2.37. The summed E-state index contributed by atoms with van der Waals surface area (Å²) < 4.78 is 0. The molecule has 2 aliphatic rings. The minimum Gasteiger partial charge on any atom is -0.342 e. The van der Waals surface area contributed by atoms with Crippen LogP contribution in [0.5, 0.6) is 0 Å². The summed E-state index contributed by atoms with van der Waals surface area (Å²) in [5.41, 5.74) is 7.59. The highest BCUT2D eigenvalue weighted by atomic mass is 16.2. The van der Waals surface area contributed by atoms with E-state index in [2.05, 4.69) is 54.0 Å². The maximum Gasteiger partial charge on any atom is 0.225 e. The second-order valence-corrected chi connectivity index (χ2v) is 8.18. The van der Waals surface area contributed by atoms with E-state index in [4.69, 9.17) is 5.73 Å². The Kier molecular flexibility index (Phi) is 5.26. The molecule has 2 heterocycles. The SMILES string of the molecule is CC1(C)CN(C(=O)C2CCN(Cc3ccccc3)CC2)CCC1N. The number of nitrogens with zero attached hydrogens (tertiary/aromatic N) is 2. The quantitative estimate of drug-likeness (QED) is 0.927. The molecule has 0 aliphatic carbocycles. The van der Waals surface area contributed by atoms with Crippen LogP contribution in [0.15, 0.2) is 30.3 Å². The molecule has 0 saturated carbocycles. The number of carbonyl (C=O) groups excluding carboxylic acids is 1. The fourth-order valence-electron chi connectivity index (χ4n) is 4.00. The third-order valence-electron chi connectivity index (χ3n) is 5.81. The van der Waals surface area contributed by atoms with Gasteiger partial charge in [-0.3, -0.25) is 9.69 Å². The van der Waals surface area contributed by atoms with Gasteiger partial charge in [0.2, 0.25) is 5.91 Å². The number of nitrogens with two attached hydrogens (primary N) is 1. The van der Waals surface area contributed by atoms with Crippen LogP contribution in [0, 0.1) is 11.3 Å². The average Bonchev–Trinajstić information content (AvgIpc) is 2.58. The van der Waals surface area contributed by atoms with Gasteiger partial charge in [-0.1, -0.05) is 44.2 Å². The molecular weight excluding hydrogens is 298 g/mol. The molecule has 2 fully saturated rings. The van der Waals surface area contributed by atoms with Crippen molar-refractivity contribution < 1.29 is 4.79 Å². The van der Waals surface area contributed by atoms with E-state index < -0.39 is 0 Å². The first-order valence-corrected chi connectivity index (χ1v) is 9.26. The van der Waals surface area contributed by atoms with Crippen LogP contribution >= 0.6 is 0 Å². The molecule has 3 rings (SSSR count). The topological polar surface area (TPSA) is 49.6 Å². The normalized spacial score (nSPS) is 25.6. The fourth-order valence-corrected chi connectivity index (χ4v) is 4.00. The highest BCUT2D eigenvalue weighted by molar-refractivity contribution is 5.79. The lowest BCUT2D eigenvalue weighted by molar-refractivity contribution is -0.140. The zero-order valence-corrected chi connectivity index (χ0v) is 15.1. The molecule has 0 radical (unpaired) electrons. The molecule has 0 spiro atoms. The summed E-state index contributed by atoms with van der Waals surface area (Å²) in [6.45, 7) is 9.02. The lowest BCUT2D eigenvalue weighted by atomic mass is 9.79. The zero-order valence-electron chi connectivity index (χ0n) is 15.1. The standard InChI is InChI=1S/C20H31N3O/c1-20(2)15-23(13-10-18(20)21)19(24)17-8-11-22(12-9-17)14-16-6-4-3-5-7-16/h3-7,17-18H,8-15,21H2,1-2H3. The molecular formula is C20H31N3O. The summed E-state index contributed by atoms with van der Waals surface area (Å²) in [6, 6.07) is 10.8. The number of hydrogen-bond acceptors (Lipinski definition) is 3. The number of hydrogen-bond donors (Lipinski definition) is 1. The van der Waals surface area contributed by atoms with Gasteiger partial charge in [0.05, 0.1) is 0 Å². The lowest BCUT2D eigenvalue weighted by Gasteiger charge is -2.44. The number of piperidine rings is 2. The van der Waals surface area contributed by atoms with Crippen LogP contribution in [-0.2, 0) is 11.3 Å². The number of carbonyl (C=O) groups is 1. The van der Waals surface area contributed by atoms with Crippen LogP contribution < -0.4 is 5.73 Å². The summed E-state index contributed by atoms with van der Waals surface area (Å²) in [7, 11) is 0. The Morgan fingerprint density at radius 2 is 1.79 bits per heavy atom. The molecule has 1 unspecified atom stereocenters. The van der Waals surface area contributed by atoms with Crippen LogP contribution in [0.1, 0.15) is 38.7 Å². The van der Waals surface area contributed by atoms with Gasteiger partial charge >= 0.3 is 0 Å². The Bertz CT molecular complexity index is 549. The van der Waals surface area contributed by atoms with Crippen molar-refractivity contribution >= 4 is 5.91 Å². The van der Waals surface area contributed by atoms with Crippen LogP contribution in [0.3, 0.4) is 0 Å². The summed E-state index contributed by atoms with van der Waals surface area (Å²) in [4.78, 5) is 17.4. The van der Waals surface area contributed by atoms with Gasteiger partial charge in [-0.05, 0) is 43.3 Å². The van der Waals surface area contributed by atoms with Gasteiger partial charge in [0.1, 0.15) is 0 Å². The summed E-state index contributed by atoms with van der Waals surface area (Å²) in [5.74, 6) is 0.552. The minimum absolute atomic E-state index is 0.0297. The monoisotopic (exact) mass is 329 g/mol. The predicted molar refractivity (Wildman–Crippen MR) is 97.4 cm³/mol. The molecule has 4 heteroatoms. The number of amides is 1. The molecule has 0 bridgehead atoms. The minimum atomic E-state index is 0.0297. The molecule has 2 N–H and O–H groups in total. The van der Waals surface area contributed by atoms with Gasteiger partial charge in [0, 0.05) is 31.6 Å². The zero-order chi connectivity index (χ0) is 17.2. The van der Waals surface area contributed by atoms with E-state index in [-0.39, 0.29) is 17.4 Å². The Morgan fingerprint density at radius 1 is 1.12 bits per heavy atom. The van der Waals surface area contributed by atoms with E-state index in [1.807, 2.05) is 0 Å². The third-order valence-corrected chi connectivity index (χ3v) is 5.81. The van der Waals surface area contributed by atoms with E-state index in [0.29, 0.717) is 5.91 Å². The van der Waals surface area contributed by atoms with Crippen molar-refractivity contribution in [1.29, 1.82) is 0 Å². The Balaban J connectivity index is 1.50. The van der Waals surface area contributed by atoms with Gasteiger partial charge < -0.3 is 10.6 Å². The van der Waals surface area contributed by atoms with Crippen molar-refractivity contribution in [1.82, 2.24) is 9.80 Å². The van der Waals surface area contributed by atoms with E-state index in [9.17, 15) is 4.79 Å². The Hall–Kier alpha value is -1.39. The number of likely N-dealkylation sites (tertiary alicyclic amines) is 2. The third kappa shape index (κ3) is 3.98. The molecule has 2 saturated heterocycles. The van der Waals surface area contributed by atoms with Gasteiger partial charge in [-0.2, -0.15) is 0 Å². The van der Waals surface area contributed by atoms with Crippen molar-refractivity contribution in [3.63, 3.8) is 0 Å². The fraction of sp³-hybridized carbons (Fsp3) is 0.650. The molecule has 1 aromatic carbocycles. The first-order valence-electron chi connectivity index (χ1n) is 9.26. The smallest absolute Gasteiger partial charge is 0.225 e. The maximum absolute atomic E-state index is 12.9. The predicted octanol–water partition coefficient (Wildman–Crippen LogP) is 2.48. The molecule has 1 aromatic rings. The first kappa shape index (κ1) is 17.4. The molecule has 1 amide bonds. The van der Waals surface area contributed by atoms with Crippen LogP contribution in [0.25, 0.3) is 0 Å². The molecule has 2 aliphatic heterocycles. The molecule has 24 heavy (non-hydrogen) atoms. The van der Waals surface area contributed by atoms with Gasteiger partial charge in [0.15, 0.2) is 0 Å². The second-order valence-electron chi connectivity index (χ2n) is 8.18. The van der Waals surface area contributed by atoms with Gasteiger partial charge in [0.25, 0.3) is 0 Å². The van der Waals surface area contributed by atoms with Crippen LogP contribution in [0.2, 0.25) is 0 Å². The van der Waals surface area contributed by atoms with E-state index in [0.717, 1.165) is 52.0 Å². The molecule has 0 aromatic heterocycles. The molecule has 1 atom stereocenters. The van der Waals surface area contributed by atoms with Crippen molar-refractivity contribution in [2.75, 3.05) is 26.2 Å². The first-order chi connectivity index (χ1) is 11.5. The van der Waals surface area contributed by atoms with Crippen LogP contribution in [0.4, 0.5) is 0 Å². The van der Waals surface area contributed by atoms with Crippen molar-refractivity contribution in [2.45, 2.75) is 45.7 Å².